The molecule has 0 fully saturated rings. The minimum atomic E-state index is -1.19. The van der Waals surface area contributed by atoms with Gasteiger partial charge in [0.2, 0.25) is 0 Å². The van der Waals surface area contributed by atoms with Crippen molar-refractivity contribution in [3.63, 3.8) is 0 Å². The molecule has 128 valence electrons. The summed E-state index contributed by atoms with van der Waals surface area (Å²) in [6.07, 6.45) is 2.13. The van der Waals surface area contributed by atoms with Gasteiger partial charge in [0, 0.05) is 23.7 Å². The Hall–Kier alpha value is -2.33. The average Bonchev–Trinajstić information content (AvgIpc) is 2.60. The van der Waals surface area contributed by atoms with E-state index in [0.29, 0.717) is 23.6 Å². The Morgan fingerprint density at radius 1 is 1.20 bits per heavy atom. The monoisotopic (exact) mass is 355 g/mol. The SMILES string of the molecule is CC1(C(=O)N2CCCc3cc(Cl)ccc32)Cc2ccccc2C(=O)O1. The summed E-state index contributed by atoms with van der Waals surface area (Å²) >= 11 is 6.08. The third kappa shape index (κ3) is 2.71. The smallest absolute Gasteiger partial charge is 0.339 e. The quantitative estimate of drug-likeness (QED) is 0.731. The van der Waals surface area contributed by atoms with E-state index in [9.17, 15) is 9.59 Å². The molecule has 2 aromatic rings. The zero-order valence-corrected chi connectivity index (χ0v) is 14.7. The molecule has 0 spiro atoms. The first-order valence-corrected chi connectivity index (χ1v) is 8.77. The van der Waals surface area contributed by atoms with Crippen molar-refractivity contribution in [1.29, 1.82) is 0 Å². The van der Waals surface area contributed by atoms with Crippen molar-refractivity contribution in [2.45, 2.75) is 31.8 Å². The van der Waals surface area contributed by atoms with E-state index < -0.39 is 11.6 Å². The van der Waals surface area contributed by atoms with Gasteiger partial charge < -0.3 is 9.64 Å². The van der Waals surface area contributed by atoms with Gasteiger partial charge in [-0.3, -0.25) is 4.79 Å². The number of amides is 1. The van der Waals surface area contributed by atoms with E-state index in [2.05, 4.69) is 0 Å². The van der Waals surface area contributed by atoms with Crippen LogP contribution in [0.4, 0.5) is 5.69 Å². The number of benzene rings is 2. The maximum Gasteiger partial charge on any atom is 0.339 e. The Balaban J connectivity index is 1.70. The van der Waals surface area contributed by atoms with Crippen LogP contribution in [0.1, 0.15) is 34.8 Å². The van der Waals surface area contributed by atoms with Crippen molar-refractivity contribution >= 4 is 29.2 Å². The van der Waals surface area contributed by atoms with E-state index in [1.165, 1.54) is 0 Å². The Morgan fingerprint density at radius 2 is 2.00 bits per heavy atom. The zero-order valence-electron chi connectivity index (χ0n) is 13.9. The summed E-state index contributed by atoms with van der Waals surface area (Å²) in [6, 6.07) is 12.9. The molecule has 5 heteroatoms. The summed E-state index contributed by atoms with van der Waals surface area (Å²) in [4.78, 5) is 27.4. The maximum atomic E-state index is 13.3. The molecule has 0 aliphatic carbocycles. The Bertz CT molecular complexity index is 879. The molecule has 0 saturated carbocycles. The molecule has 0 saturated heterocycles. The van der Waals surface area contributed by atoms with E-state index in [1.807, 2.05) is 24.3 Å². The second kappa shape index (κ2) is 5.88. The lowest BCUT2D eigenvalue weighted by Crippen LogP contribution is -2.54. The van der Waals surface area contributed by atoms with Crippen LogP contribution in [0.15, 0.2) is 42.5 Å². The highest BCUT2D eigenvalue weighted by Crippen LogP contribution is 2.35. The fraction of sp³-hybridized carbons (Fsp3) is 0.300. The van der Waals surface area contributed by atoms with Crippen LogP contribution in [-0.2, 0) is 22.4 Å². The van der Waals surface area contributed by atoms with E-state index >= 15 is 0 Å². The van der Waals surface area contributed by atoms with Crippen LogP contribution in [-0.4, -0.2) is 24.0 Å². The van der Waals surface area contributed by atoms with Gasteiger partial charge >= 0.3 is 5.97 Å². The van der Waals surface area contributed by atoms with Crippen LogP contribution in [0.3, 0.4) is 0 Å². The van der Waals surface area contributed by atoms with Gasteiger partial charge in [0.05, 0.1) is 5.56 Å². The molecule has 4 rings (SSSR count). The second-order valence-corrected chi connectivity index (χ2v) is 7.22. The Labute approximate surface area is 151 Å². The van der Waals surface area contributed by atoms with E-state index in [4.69, 9.17) is 16.3 Å². The van der Waals surface area contributed by atoms with Crippen LogP contribution in [0, 0.1) is 0 Å². The molecule has 2 aromatic carbocycles. The van der Waals surface area contributed by atoms with Gasteiger partial charge in [-0.25, -0.2) is 4.79 Å². The number of hydrogen-bond donors (Lipinski definition) is 0. The number of ether oxygens (including phenoxy) is 1. The van der Waals surface area contributed by atoms with Crippen molar-refractivity contribution in [3.8, 4) is 0 Å². The predicted octanol–water partition coefficient (Wildman–Crippen LogP) is 3.79. The average molecular weight is 356 g/mol. The van der Waals surface area contributed by atoms with E-state index in [0.717, 1.165) is 29.7 Å². The van der Waals surface area contributed by atoms with Crippen molar-refractivity contribution in [1.82, 2.24) is 0 Å². The largest absolute Gasteiger partial charge is 0.445 e. The van der Waals surface area contributed by atoms with Crippen LogP contribution in [0.5, 0.6) is 0 Å². The summed E-state index contributed by atoms with van der Waals surface area (Å²) in [6.45, 7) is 2.32. The van der Waals surface area contributed by atoms with Crippen molar-refractivity contribution in [2.24, 2.45) is 0 Å². The minimum Gasteiger partial charge on any atom is -0.445 e. The molecule has 2 heterocycles. The molecule has 0 N–H and O–H groups in total. The lowest BCUT2D eigenvalue weighted by Gasteiger charge is -2.39. The number of esters is 1. The van der Waals surface area contributed by atoms with Crippen LogP contribution < -0.4 is 4.90 Å². The van der Waals surface area contributed by atoms with Crippen LogP contribution >= 0.6 is 11.6 Å². The van der Waals surface area contributed by atoms with Gasteiger partial charge in [-0.15, -0.1) is 0 Å². The third-order valence-corrected chi connectivity index (χ3v) is 5.18. The number of aryl methyl sites for hydroxylation is 1. The van der Waals surface area contributed by atoms with Gasteiger partial charge in [0.25, 0.3) is 5.91 Å². The van der Waals surface area contributed by atoms with Gasteiger partial charge in [-0.2, -0.15) is 0 Å². The lowest BCUT2D eigenvalue weighted by atomic mass is 9.88. The molecule has 25 heavy (non-hydrogen) atoms. The number of carbonyl (C=O) groups excluding carboxylic acids is 2. The number of cyclic esters (lactones) is 1. The van der Waals surface area contributed by atoms with Gasteiger partial charge in [-0.05, 0) is 55.2 Å². The topological polar surface area (TPSA) is 46.6 Å². The Kier molecular flexibility index (Phi) is 3.80. The van der Waals surface area contributed by atoms with Crippen molar-refractivity contribution in [2.75, 3.05) is 11.4 Å². The number of carbonyl (C=O) groups is 2. The van der Waals surface area contributed by atoms with Crippen molar-refractivity contribution in [3.05, 3.63) is 64.2 Å². The molecule has 0 bridgehead atoms. The number of rotatable bonds is 1. The van der Waals surface area contributed by atoms with E-state index in [-0.39, 0.29) is 5.91 Å². The predicted molar refractivity (Wildman–Crippen MR) is 96.1 cm³/mol. The third-order valence-electron chi connectivity index (χ3n) is 4.94. The number of nitrogens with zero attached hydrogens (tertiary/aromatic N) is 1. The summed E-state index contributed by atoms with van der Waals surface area (Å²) < 4.78 is 5.60. The highest BCUT2D eigenvalue weighted by atomic mass is 35.5. The summed E-state index contributed by atoms with van der Waals surface area (Å²) in [5.74, 6) is -0.621. The van der Waals surface area contributed by atoms with Crippen molar-refractivity contribution < 1.29 is 14.3 Å². The number of fused-ring (bicyclic) bond motifs is 2. The minimum absolute atomic E-state index is 0.182. The molecule has 4 nitrogen and oxygen atoms in total. The molecule has 0 aromatic heterocycles. The summed E-state index contributed by atoms with van der Waals surface area (Å²) in [7, 11) is 0. The molecule has 1 unspecified atom stereocenters. The molecular formula is C20H18ClNO3. The second-order valence-electron chi connectivity index (χ2n) is 6.79. The molecule has 0 radical (unpaired) electrons. The summed E-state index contributed by atoms with van der Waals surface area (Å²) in [5, 5.41) is 0.664. The lowest BCUT2D eigenvalue weighted by molar-refractivity contribution is -0.137. The standard InChI is InChI=1S/C20H18ClNO3/c1-20(12-14-5-2-3-7-16(14)18(23)25-20)19(24)22-10-4-6-13-11-15(21)8-9-17(13)22/h2-3,5,7-9,11H,4,6,10,12H2,1H3. The van der Waals surface area contributed by atoms with E-state index in [1.54, 1.807) is 30.0 Å². The first kappa shape index (κ1) is 16.2. The van der Waals surface area contributed by atoms with Gasteiger partial charge in [-0.1, -0.05) is 29.8 Å². The Morgan fingerprint density at radius 3 is 2.84 bits per heavy atom. The summed E-state index contributed by atoms with van der Waals surface area (Å²) in [5.41, 5.74) is 2.11. The first-order chi connectivity index (χ1) is 12.0. The normalized spacial score (nSPS) is 22.0. The van der Waals surface area contributed by atoms with Gasteiger partial charge in [0.15, 0.2) is 5.60 Å². The van der Waals surface area contributed by atoms with Gasteiger partial charge in [0.1, 0.15) is 0 Å². The highest BCUT2D eigenvalue weighted by Gasteiger charge is 2.45. The molecular weight excluding hydrogens is 338 g/mol. The maximum absolute atomic E-state index is 13.3. The fourth-order valence-electron chi connectivity index (χ4n) is 3.71. The number of hydrogen-bond acceptors (Lipinski definition) is 3. The molecule has 1 amide bonds. The number of anilines is 1. The molecule has 2 aliphatic heterocycles. The zero-order chi connectivity index (χ0) is 17.6. The fourth-order valence-corrected chi connectivity index (χ4v) is 3.91. The molecule has 2 aliphatic rings. The van der Waals surface area contributed by atoms with Crippen LogP contribution in [0.25, 0.3) is 0 Å². The number of halogens is 1. The highest BCUT2D eigenvalue weighted by molar-refractivity contribution is 6.30. The first-order valence-electron chi connectivity index (χ1n) is 8.39. The van der Waals surface area contributed by atoms with Crippen LogP contribution in [0.2, 0.25) is 5.02 Å². The molecule has 1 atom stereocenters.